The van der Waals surface area contributed by atoms with Crippen molar-refractivity contribution in [3.63, 3.8) is 0 Å². The summed E-state index contributed by atoms with van der Waals surface area (Å²) in [5, 5.41) is 9.19. The number of alkyl halides is 2. The Morgan fingerprint density at radius 3 is 2.71 bits per heavy atom. The third-order valence-electron chi connectivity index (χ3n) is 1.92. The van der Waals surface area contributed by atoms with Gasteiger partial charge in [-0.05, 0) is 18.1 Å². The van der Waals surface area contributed by atoms with E-state index in [9.17, 15) is 18.7 Å². The Balaban J connectivity index is 3.01. The van der Waals surface area contributed by atoms with Crippen LogP contribution in [-0.2, 0) is 11.2 Å². The zero-order chi connectivity index (χ0) is 10.6. The van der Waals surface area contributed by atoms with Crippen LogP contribution in [0.5, 0.6) is 5.75 Å². The lowest BCUT2D eigenvalue weighted by Crippen LogP contribution is -1.96. The maximum atomic E-state index is 12.5. The second-order valence-corrected chi connectivity index (χ2v) is 2.86. The lowest BCUT2D eigenvalue weighted by atomic mass is 10.0. The van der Waals surface area contributed by atoms with Crippen LogP contribution in [0.3, 0.4) is 0 Å². The molecule has 2 nitrogen and oxygen atoms in total. The maximum Gasteiger partial charge on any atom is 0.267 e. The molecule has 0 bridgehead atoms. The Hall–Kier alpha value is -1.45. The number of phenolic OH excluding ortho intramolecular Hbond substituents is 1. The zero-order valence-corrected chi connectivity index (χ0v) is 7.41. The number of aryl methyl sites for hydroxylation is 1. The lowest BCUT2D eigenvalue weighted by Gasteiger charge is -2.08. The van der Waals surface area contributed by atoms with Crippen molar-refractivity contribution in [1.29, 1.82) is 0 Å². The monoisotopic (exact) mass is 200 g/mol. The lowest BCUT2D eigenvalue weighted by molar-refractivity contribution is -0.107. The quantitative estimate of drug-likeness (QED) is 0.758. The van der Waals surface area contributed by atoms with Gasteiger partial charge in [0, 0.05) is 6.42 Å². The first-order chi connectivity index (χ1) is 6.66. The molecule has 4 heteroatoms. The number of phenols is 1. The van der Waals surface area contributed by atoms with Crippen LogP contribution >= 0.6 is 0 Å². The molecule has 0 aliphatic rings. The van der Waals surface area contributed by atoms with Gasteiger partial charge in [0.05, 0.1) is 5.56 Å². The molecule has 1 aromatic carbocycles. The molecule has 1 N–H and O–H groups in total. The topological polar surface area (TPSA) is 37.3 Å². The normalized spacial score (nSPS) is 10.5. The Labute approximate surface area is 80.2 Å². The van der Waals surface area contributed by atoms with Gasteiger partial charge in [0.25, 0.3) is 6.43 Å². The van der Waals surface area contributed by atoms with E-state index in [0.29, 0.717) is 11.8 Å². The van der Waals surface area contributed by atoms with Crippen molar-refractivity contribution >= 4 is 6.29 Å². The number of carbonyl (C=O) groups excluding carboxylic acids is 1. The highest BCUT2D eigenvalue weighted by Gasteiger charge is 2.16. The molecule has 0 fully saturated rings. The fraction of sp³-hybridized carbons (Fsp3) is 0.300. The summed E-state index contributed by atoms with van der Waals surface area (Å²) in [6, 6.07) is 4.19. The molecule has 1 rings (SSSR count). The Morgan fingerprint density at radius 2 is 2.14 bits per heavy atom. The van der Waals surface area contributed by atoms with Gasteiger partial charge in [0.2, 0.25) is 0 Å². The molecule has 0 heterocycles. The van der Waals surface area contributed by atoms with E-state index in [2.05, 4.69) is 0 Å². The van der Waals surface area contributed by atoms with Crippen LogP contribution < -0.4 is 0 Å². The van der Waals surface area contributed by atoms with E-state index < -0.39 is 12.2 Å². The summed E-state index contributed by atoms with van der Waals surface area (Å²) in [4.78, 5) is 10.1. The van der Waals surface area contributed by atoms with Gasteiger partial charge in [0.1, 0.15) is 12.0 Å². The molecule has 0 aliphatic carbocycles. The van der Waals surface area contributed by atoms with Gasteiger partial charge in [0.15, 0.2) is 0 Å². The van der Waals surface area contributed by atoms with E-state index in [-0.39, 0.29) is 18.4 Å². The molecule has 0 spiro atoms. The Kier molecular flexibility index (Phi) is 3.56. The third-order valence-corrected chi connectivity index (χ3v) is 1.92. The third kappa shape index (κ3) is 2.28. The van der Waals surface area contributed by atoms with Gasteiger partial charge in [-0.25, -0.2) is 8.78 Å². The standard InChI is InChI=1S/C10H10F2O2/c11-10(12)9-7(4-2-6-13)3-1-5-8(9)14/h1,3,5-6,10,14H,2,4H2. The molecule has 0 saturated heterocycles. The molecule has 0 unspecified atom stereocenters. The van der Waals surface area contributed by atoms with Crippen molar-refractivity contribution in [2.24, 2.45) is 0 Å². The van der Waals surface area contributed by atoms with Crippen LogP contribution in [0.25, 0.3) is 0 Å². The number of rotatable bonds is 4. The maximum absolute atomic E-state index is 12.5. The minimum Gasteiger partial charge on any atom is -0.507 e. The number of benzene rings is 1. The van der Waals surface area contributed by atoms with Crippen molar-refractivity contribution in [3.8, 4) is 5.75 Å². The van der Waals surface area contributed by atoms with Crippen LogP contribution in [0.1, 0.15) is 24.0 Å². The summed E-state index contributed by atoms with van der Waals surface area (Å²) in [6.07, 6.45) is -1.63. The summed E-state index contributed by atoms with van der Waals surface area (Å²) < 4.78 is 24.9. The molecular formula is C10H10F2O2. The van der Waals surface area contributed by atoms with Crippen molar-refractivity contribution in [2.75, 3.05) is 0 Å². The molecule has 14 heavy (non-hydrogen) atoms. The molecular weight excluding hydrogens is 190 g/mol. The first kappa shape index (κ1) is 10.6. The molecule has 0 saturated carbocycles. The zero-order valence-electron chi connectivity index (χ0n) is 7.41. The highest BCUT2D eigenvalue weighted by atomic mass is 19.3. The van der Waals surface area contributed by atoms with E-state index in [1.165, 1.54) is 18.2 Å². The van der Waals surface area contributed by atoms with Gasteiger partial charge in [-0.2, -0.15) is 0 Å². The van der Waals surface area contributed by atoms with Crippen LogP contribution in [0.2, 0.25) is 0 Å². The summed E-state index contributed by atoms with van der Waals surface area (Å²) in [5.74, 6) is -0.414. The SMILES string of the molecule is O=CCCc1cccc(O)c1C(F)F. The Morgan fingerprint density at radius 1 is 1.43 bits per heavy atom. The van der Waals surface area contributed by atoms with E-state index >= 15 is 0 Å². The molecule has 0 aromatic heterocycles. The van der Waals surface area contributed by atoms with Crippen molar-refractivity contribution in [2.45, 2.75) is 19.3 Å². The van der Waals surface area contributed by atoms with E-state index in [4.69, 9.17) is 0 Å². The minimum atomic E-state index is -2.71. The average Bonchev–Trinajstić information content (AvgIpc) is 2.14. The summed E-state index contributed by atoms with van der Waals surface area (Å²) in [5.41, 5.74) is -0.0403. The number of aromatic hydroxyl groups is 1. The molecule has 0 amide bonds. The smallest absolute Gasteiger partial charge is 0.267 e. The van der Waals surface area contributed by atoms with Crippen molar-refractivity contribution < 1.29 is 18.7 Å². The molecule has 1 aromatic rings. The van der Waals surface area contributed by atoms with Gasteiger partial charge < -0.3 is 9.90 Å². The van der Waals surface area contributed by atoms with Crippen molar-refractivity contribution in [1.82, 2.24) is 0 Å². The summed E-state index contributed by atoms with van der Waals surface area (Å²) in [7, 11) is 0. The second kappa shape index (κ2) is 4.69. The second-order valence-electron chi connectivity index (χ2n) is 2.86. The largest absolute Gasteiger partial charge is 0.507 e. The predicted octanol–water partition coefficient (Wildman–Crippen LogP) is 2.46. The molecule has 0 atom stereocenters. The van der Waals surface area contributed by atoms with E-state index in [0.717, 1.165) is 0 Å². The first-order valence-corrected chi connectivity index (χ1v) is 4.19. The fourth-order valence-electron chi connectivity index (χ4n) is 1.28. The number of aldehydes is 1. The summed E-state index contributed by atoms with van der Waals surface area (Å²) >= 11 is 0. The van der Waals surface area contributed by atoms with E-state index in [1.807, 2.05) is 0 Å². The average molecular weight is 200 g/mol. The van der Waals surface area contributed by atoms with Gasteiger partial charge in [-0.15, -0.1) is 0 Å². The molecule has 0 aliphatic heterocycles. The van der Waals surface area contributed by atoms with Crippen LogP contribution in [0.15, 0.2) is 18.2 Å². The highest BCUT2D eigenvalue weighted by Crippen LogP contribution is 2.31. The van der Waals surface area contributed by atoms with Crippen LogP contribution in [-0.4, -0.2) is 11.4 Å². The first-order valence-electron chi connectivity index (χ1n) is 4.19. The van der Waals surface area contributed by atoms with Crippen molar-refractivity contribution in [3.05, 3.63) is 29.3 Å². The van der Waals surface area contributed by atoms with Crippen LogP contribution in [0.4, 0.5) is 8.78 Å². The number of halogens is 2. The number of hydrogen-bond acceptors (Lipinski definition) is 2. The van der Waals surface area contributed by atoms with E-state index in [1.54, 1.807) is 0 Å². The number of carbonyl (C=O) groups is 1. The summed E-state index contributed by atoms with van der Waals surface area (Å²) in [6.45, 7) is 0. The predicted molar refractivity (Wildman–Crippen MR) is 47.4 cm³/mol. The van der Waals surface area contributed by atoms with Gasteiger partial charge in [-0.3, -0.25) is 0 Å². The van der Waals surface area contributed by atoms with Gasteiger partial charge in [-0.1, -0.05) is 12.1 Å². The molecule has 76 valence electrons. The van der Waals surface area contributed by atoms with Gasteiger partial charge >= 0.3 is 0 Å². The fourth-order valence-corrected chi connectivity index (χ4v) is 1.28. The molecule has 0 radical (unpaired) electrons. The van der Waals surface area contributed by atoms with Crippen LogP contribution in [0, 0.1) is 0 Å². The Bertz CT molecular complexity index is 324. The highest BCUT2D eigenvalue weighted by molar-refractivity contribution is 5.51. The minimum absolute atomic E-state index is 0.184. The number of hydrogen-bond donors (Lipinski definition) is 1.